The van der Waals surface area contributed by atoms with Crippen molar-refractivity contribution in [2.24, 2.45) is 5.92 Å². The first-order chi connectivity index (χ1) is 9.28. The van der Waals surface area contributed by atoms with Gasteiger partial charge in [0, 0.05) is 18.7 Å². The van der Waals surface area contributed by atoms with Gasteiger partial charge >= 0.3 is 0 Å². The number of benzene rings is 1. The molecule has 0 spiro atoms. The van der Waals surface area contributed by atoms with Crippen LogP contribution in [0.3, 0.4) is 0 Å². The summed E-state index contributed by atoms with van der Waals surface area (Å²) >= 11 is 1.50. The molecule has 98 valence electrons. The normalized spacial score (nSPS) is 18.8. The van der Waals surface area contributed by atoms with Gasteiger partial charge < -0.3 is 4.90 Å². The fourth-order valence-electron chi connectivity index (χ4n) is 2.45. The van der Waals surface area contributed by atoms with Crippen molar-refractivity contribution >= 4 is 22.8 Å². The fraction of sp³-hybridized carbons (Fsp3) is 0.333. The van der Waals surface area contributed by atoms with Crippen LogP contribution >= 0.6 is 11.3 Å². The van der Waals surface area contributed by atoms with E-state index in [4.69, 9.17) is 0 Å². The van der Waals surface area contributed by atoms with Gasteiger partial charge in [-0.3, -0.25) is 4.79 Å². The molecule has 4 heteroatoms. The van der Waals surface area contributed by atoms with Crippen LogP contribution in [0.25, 0.3) is 11.3 Å². The number of hydrogen-bond acceptors (Lipinski definition) is 4. The number of anilines is 1. The highest BCUT2D eigenvalue weighted by Gasteiger charge is 2.23. The molecule has 0 N–H and O–H groups in total. The zero-order chi connectivity index (χ0) is 13.2. The molecule has 1 unspecified atom stereocenters. The van der Waals surface area contributed by atoms with E-state index in [2.05, 4.69) is 16.8 Å². The van der Waals surface area contributed by atoms with Crippen molar-refractivity contribution in [1.29, 1.82) is 0 Å². The highest BCUT2D eigenvalue weighted by Crippen LogP contribution is 2.34. The number of hydrogen-bond donors (Lipinski definition) is 0. The molecule has 0 bridgehead atoms. The zero-order valence-corrected chi connectivity index (χ0v) is 11.7. The second-order valence-electron chi connectivity index (χ2n) is 5.03. The molecule has 1 atom stereocenters. The lowest BCUT2D eigenvalue weighted by Gasteiger charge is -2.13. The first kappa shape index (κ1) is 12.4. The summed E-state index contributed by atoms with van der Waals surface area (Å²) in [4.78, 5) is 18.9. The molecule has 0 saturated carbocycles. The number of nitrogens with zero attached hydrogens (tertiary/aromatic N) is 2. The zero-order valence-electron chi connectivity index (χ0n) is 10.9. The maximum atomic E-state index is 11.2. The standard InChI is InChI=1S/C15H16N2OS/c1-11-7-8-17(9-11)15-16-14(13(10-18)19-15)12-5-3-2-4-6-12/h2-6,10-11H,7-9H2,1H3. The van der Waals surface area contributed by atoms with Crippen LogP contribution in [0, 0.1) is 5.92 Å². The number of aromatic nitrogens is 1. The van der Waals surface area contributed by atoms with Gasteiger partial charge in [0.1, 0.15) is 0 Å². The van der Waals surface area contributed by atoms with Crippen LogP contribution in [-0.2, 0) is 0 Å². The smallest absolute Gasteiger partial charge is 0.186 e. The maximum Gasteiger partial charge on any atom is 0.186 e. The maximum absolute atomic E-state index is 11.2. The highest BCUT2D eigenvalue weighted by atomic mass is 32.1. The van der Waals surface area contributed by atoms with Gasteiger partial charge in [-0.25, -0.2) is 4.98 Å². The van der Waals surface area contributed by atoms with Gasteiger partial charge in [0.2, 0.25) is 0 Å². The first-order valence-electron chi connectivity index (χ1n) is 6.54. The minimum atomic E-state index is 0.712. The molecular weight excluding hydrogens is 256 g/mol. The SMILES string of the molecule is CC1CCN(c2nc(-c3ccccc3)c(C=O)s2)C1. The van der Waals surface area contributed by atoms with Gasteiger partial charge in [0.25, 0.3) is 0 Å². The molecule has 2 heterocycles. The van der Waals surface area contributed by atoms with Crippen molar-refractivity contribution in [3.8, 4) is 11.3 Å². The Bertz CT molecular complexity index is 579. The van der Waals surface area contributed by atoms with Crippen LogP contribution < -0.4 is 4.90 Å². The van der Waals surface area contributed by atoms with Crippen molar-refractivity contribution in [1.82, 2.24) is 4.98 Å². The van der Waals surface area contributed by atoms with Crippen LogP contribution in [0.5, 0.6) is 0 Å². The van der Waals surface area contributed by atoms with E-state index in [1.54, 1.807) is 0 Å². The largest absolute Gasteiger partial charge is 0.348 e. The van der Waals surface area contributed by atoms with E-state index >= 15 is 0 Å². The number of rotatable bonds is 3. The Morgan fingerprint density at radius 2 is 2.16 bits per heavy atom. The highest BCUT2D eigenvalue weighted by molar-refractivity contribution is 7.17. The predicted molar refractivity (Wildman–Crippen MR) is 78.9 cm³/mol. The molecule has 0 aliphatic carbocycles. The summed E-state index contributed by atoms with van der Waals surface area (Å²) in [6, 6.07) is 9.91. The van der Waals surface area contributed by atoms with Crippen LogP contribution in [0.15, 0.2) is 30.3 Å². The molecule has 1 aliphatic heterocycles. The van der Waals surface area contributed by atoms with Gasteiger partial charge in [-0.2, -0.15) is 0 Å². The summed E-state index contributed by atoms with van der Waals surface area (Å²) < 4.78 is 0. The third kappa shape index (κ3) is 2.40. The summed E-state index contributed by atoms with van der Waals surface area (Å²) in [5.41, 5.74) is 1.83. The molecule has 1 fully saturated rings. The van der Waals surface area contributed by atoms with E-state index in [0.29, 0.717) is 5.92 Å². The molecule has 2 aromatic rings. The Hall–Kier alpha value is -1.68. The Labute approximate surface area is 116 Å². The summed E-state index contributed by atoms with van der Waals surface area (Å²) in [5.74, 6) is 0.712. The molecule has 3 rings (SSSR count). The molecule has 3 nitrogen and oxygen atoms in total. The van der Waals surface area contributed by atoms with Crippen molar-refractivity contribution < 1.29 is 4.79 Å². The minimum absolute atomic E-state index is 0.712. The molecule has 0 amide bonds. The lowest BCUT2D eigenvalue weighted by atomic mass is 10.1. The number of aldehydes is 1. The molecule has 0 radical (unpaired) electrons. The predicted octanol–water partition coefficient (Wildman–Crippen LogP) is 3.47. The van der Waals surface area contributed by atoms with Gasteiger partial charge in [-0.15, -0.1) is 0 Å². The van der Waals surface area contributed by atoms with Crippen LogP contribution in [0.1, 0.15) is 23.0 Å². The Morgan fingerprint density at radius 1 is 1.37 bits per heavy atom. The average Bonchev–Trinajstić information content (AvgIpc) is 3.05. The third-order valence-corrected chi connectivity index (χ3v) is 4.53. The third-order valence-electron chi connectivity index (χ3n) is 3.49. The Kier molecular flexibility index (Phi) is 3.34. The molecule has 19 heavy (non-hydrogen) atoms. The van der Waals surface area contributed by atoms with E-state index in [1.165, 1.54) is 17.8 Å². The summed E-state index contributed by atoms with van der Waals surface area (Å²) in [7, 11) is 0. The number of carbonyl (C=O) groups excluding carboxylic acids is 1. The number of thiazole rings is 1. The second-order valence-corrected chi connectivity index (χ2v) is 6.04. The lowest BCUT2D eigenvalue weighted by Crippen LogP contribution is -2.18. The topological polar surface area (TPSA) is 33.2 Å². The molecule has 1 aliphatic rings. The van der Waals surface area contributed by atoms with E-state index in [1.807, 2.05) is 30.3 Å². The molecule has 1 aromatic heterocycles. The van der Waals surface area contributed by atoms with Crippen LogP contribution in [0.4, 0.5) is 5.13 Å². The average molecular weight is 272 g/mol. The lowest BCUT2D eigenvalue weighted by molar-refractivity contribution is 0.112. The van der Waals surface area contributed by atoms with Crippen LogP contribution in [0.2, 0.25) is 0 Å². The van der Waals surface area contributed by atoms with Crippen molar-refractivity contribution in [3.05, 3.63) is 35.2 Å². The molecule has 1 saturated heterocycles. The van der Waals surface area contributed by atoms with Gasteiger partial charge in [-0.05, 0) is 12.3 Å². The van der Waals surface area contributed by atoms with Gasteiger partial charge in [0.15, 0.2) is 11.4 Å². The Balaban J connectivity index is 1.97. The van der Waals surface area contributed by atoms with Gasteiger partial charge in [-0.1, -0.05) is 48.6 Å². The number of carbonyl (C=O) groups is 1. The van der Waals surface area contributed by atoms with Gasteiger partial charge in [0.05, 0.1) is 10.6 Å². The quantitative estimate of drug-likeness (QED) is 0.802. The summed E-state index contributed by atoms with van der Waals surface area (Å²) in [6.45, 7) is 4.34. The molecule has 1 aromatic carbocycles. The van der Waals surface area contributed by atoms with Crippen molar-refractivity contribution in [2.45, 2.75) is 13.3 Å². The Morgan fingerprint density at radius 3 is 2.79 bits per heavy atom. The first-order valence-corrected chi connectivity index (χ1v) is 7.36. The van der Waals surface area contributed by atoms with E-state index in [-0.39, 0.29) is 0 Å². The summed E-state index contributed by atoms with van der Waals surface area (Å²) in [5, 5.41) is 0.977. The van der Waals surface area contributed by atoms with E-state index < -0.39 is 0 Å². The minimum Gasteiger partial charge on any atom is -0.348 e. The van der Waals surface area contributed by atoms with Crippen molar-refractivity contribution in [2.75, 3.05) is 18.0 Å². The van der Waals surface area contributed by atoms with E-state index in [9.17, 15) is 4.79 Å². The van der Waals surface area contributed by atoms with E-state index in [0.717, 1.165) is 40.6 Å². The van der Waals surface area contributed by atoms with Crippen LogP contribution in [-0.4, -0.2) is 24.4 Å². The monoisotopic (exact) mass is 272 g/mol. The van der Waals surface area contributed by atoms with Crippen molar-refractivity contribution in [3.63, 3.8) is 0 Å². The fourth-order valence-corrected chi connectivity index (χ4v) is 3.38. The molecular formula is C15H16N2OS. The second kappa shape index (κ2) is 5.13. The summed E-state index contributed by atoms with van der Waals surface area (Å²) in [6.07, 6.45) is 2.12.